The van der Waals surface area contributed by atoms with E-state index in [4.69, 9.17) is 17.3 Å². The first-order valence-electron chi connectivity index (χ1n) is 5.22. The lowest BCUT2D eigenvalue weighted by Crippen LogP contribution is -2.31. The van der Waals surface area contributed by atoms with E-state index in [0.29, 0.717) is 5.02 Å². The summed E-state index contributed by atoms with van der Waals surface area (Å²) in [6.45, 7) is 3.89. The number of benzene rings is 1. The number of aryl methyl sites for hydroxylation is 1. The molecule has 82 valence electrons. The Hall–Kier alpha value is -0.730. The average molecular weight is 226 g/mol. The Balaban J connectivity index is 2.47. The van der Waals surface area contributed by atoms with Gasteiger partial charge in [-0.05, 0) is 43.9 Å². The van der Waals surface area contributed by atoms with Gasteiger partial charge >= 0.3 is 0 Å². The van der Waals surface area contributed by atoms with Crippen LogP contribution in [0, 0.1) is 6.92 Å². The van der Waals surface area contributed by atoms with E-state index < -0.39 is 0 Å². The Morgan fingerprint density at radius 1 is 1.47 bits per heavy atom. The van der Waals surface area contributed by atoms with Gasteiger partial charge in [0.15, 0.2) is 0 Å². The Labute approximate surface area is 95.1 Å². The van der Waals surface area contributed by atoms with Crippen LogP contribution in [0.4, 0.5) is 0 Å². The standard InChI is InChI=1S/C12H16ClNO/c1-7-5-9(6-10(13)11(7)15)12(3-4-12)8(2)14/h5-6,8,15H,3-4,14H2,1-2H3. The van der Waals surface area contributed by atoms with Crippen molar-refractivity contribution >= 4 is 11.6 Å². The molecule has 1 aliphatic carbocycles. The highest BCUT2D eigenvalue weighted by atomic mass is 35.5. The van der Waals surface area contributed by atoms with E-state index in [9.17, 15) is 5.11 Å². The van der Waals surface area contributed by atoms with Gasteiger partial charge in [0.05, 0.1) is 5.02 Å². The summed E-state index contributed by atoms with van der Waals surface area (Å²) in [5, 5.41) is 10.0. The molecule has 0 amide bonds. The molecule has 3 heteroatoms. The summed E-state index contributed by atoms with van der Waals surface area (Å²) in [5.74, 6) is 0.181. The van der Waals surface area contributed by atoms with Crippen LogP contribution in [0.5, 0.6) is 5.75 Å². The second-order valence-electron chi connectivity index (χ2n) is 4.57. The molecule has 0 saturated heterocycles. The summed E-state index contributed by atoms with van der Waals surface area (Å²) >= 11 is 5.97. The van der Waals surface area contributed by atoms with E-state index in [2.05, 4.69) is 0 Å². The van der Waals surface area contributed by atoms with E-state index in [1.807, 2.05) is 26.0 Å². The van der Waals surface area contributed by atoms with Gasteiger partial charge in [0.2, 0.25) is 0 Å². The smallest absolute Gasteiger partial charge is 0.137 e. The predicted octanol–water partition coefficient (Wildman–Crippen LogP) is 2.73. The maximum Gasteiger partial charge on any atom is 0.137 e. The van der Waals surface area contributed by atoms with Gasteiger partial charge < -0.3 is 10.8 Å². The summed E-state index contributed by atoms with van der Waals surface area (Å²) in [7, 11) is 0. The van der Waals surface area contributed by atoms with Crippen LogP contribution in [-0.2, 0) is 5.41 Å². The molecule has 1 aromatic carbocycles. The molecule has 1 aromatic rings. The van der Waals surface area contributed by atoms with Crippen LogP contribution in [0.15, 0.2) is 12.1 Å². The molecular formula is C12H16ClNO. The van der Waals surface area contributed by atoms with E-state index in [-0.39, 0.29) is 17.2 Å². The first-order chi connectivity index (χ1) is 6.97. The number of aromatic hydroxyl groups is 1. The van der Waals surface area contributed by atoms with Gasteiger partial charge in [0.1, 0.15) is 5.75 Å². The molecule has 2 rings (SSSR count). The summed E-state index contributed by atoms with van der Waals surface area (Å²) < 4.78 is 0. The fourth-order valence-corrected chi connectivity index (χ4v) is 2.43. The van der Waals surface area contributed by atoms with Crippen molar-refractivity contribution in [3.8, 4) is 5.75 Å². The first kappa shape index (κ1) is 10.8. The highest BCUT2D eigenvalue weighted by molar-refractivity contribution is 6.32. The maximum atomic E-state index is 9.59. The number of hydrogen-bond acceptors (Lipinski definition) is 2. The van der Waals surface area contributed by atoms with Crippen LogP contribution >= 0.6 is 11.6 Å². The molecule has 3 N–H and O–H groups in total. The minimum Gasteiger partial charge on any atom is -0.506 e. The predicted molar refractivity (Wildman–Crippen MR) is 62.4 cm³/mol. The quantitative estimate of drug-likeness (QED) is 0.813. The van der Waals surface area contributed by atoms with E-state index in [1.54, 1.807) is 0 Å². The van der Waals surface area contributed by atoms with Crippen LogP contribution in [0.3, 0.4) is 0 Å². The number of phenolic OH excluding ortho intramolecular Hbond substituents is 1. The highest BCUT2D eigenvalue weighted by Crippen LogP contribution is 2.51. The van der Waals surface area contributed by atoms with Crippen molar-refractivity contribution in [1.82, 2.24) is 0 Å². The summed E-state index contributed by atoms with van der Waals surface area (Å²) in [4.78, 5) is 0. The van der Waals surface area contributed by atoms with E-state index in [1.165, 1.54) is 0 Å². The summed E-state index contributed by atoms with van der Waals surface area (Å²) in [6.07, 6.45) is 2.23. The van der Waals surface area contributed by atoms with Crippen molar-refractivity contribution in [3.05, 3.63) is 28.3 Å². The third-order valence-electron chi connectivity index (χ3n) is 3.49. The van der Waals surface area contributed by atoms with Gasteiger partial charge in [-0.15, -0.1) is 0 Å². The second-order valence-corrected chi connectivity index (χ2v) is 4.98. The lowest BCUT2D eigenvalue weighted by Gasteiger charge is -2.21. The minimum atomic E-state index is 0.0993. The zero-order valence-electron chi connectivity index (χ0n) is 9.05. The number of rotatable bonds is 2. The third kappa shape index (κ3) is 1.62. The van der Waals surface area contributed by atoms with Crippen LogP contribution in [-0.4, -0.2) is 11.1 Å². The summed E-state index contributed by atoms with van der Waals surface area (Å²) in [5.41, 5.74) is 8.08. The lowest BCUT2D eigenvalue weighted by atomic mass is 9.88. The number of hydrogen-bond donors (Lipinski definition) is 2. The first-order valence-corrected chi connectivity index (χ1v) is 5.60. The lowest BCUT2D eigenvalue weighted by molar-refractivity contribution is 0.470. The average Bonchev–Trinajstić information content (AvgIpc) is 2.93. The fourth-order valence-electron chi connectivity index (χ4n) is 2.17. The minimum absolute atomic E-state index is 0.0993. The molecule has 0 bridgehead atoms. The molecule has 0 heterocycles. The van der Waals surface area contributed by atoms with Gasteiger partial charge in [-0.25, -0.2) is 0 Å². The van der Waals surface area contributed by atoms with E-state index in [0.717, 1.165) is 24.0 Å². The highest BCUT2D eigenvalue weighted by Gasteiger charge is 2.47. The van der Waals surface area contributed by atoms with Gasteiger partial charge in [0.25, 0.3) is 0 Å². The maximum absolute atomic E-state index is 9.59. The monoisotopic (exact) mass is 225 g/mol. The molecule has 2 nitrogen and oxygen atoms in total. The molecule has 1 unspecified atom stereocenters. The molecule has 1 fully saturated rings. The van der Waals surface area contributed by atoms with E-state index >= 15 is 0 Å². The second kappa shape index (κ2) is 3.39. The van der Waals surface area contributed by atoms with Crippen molar-refractivity contribution in [2.45, 2.75) is 38.1 Å². The number of nitrogens with two attached hydrogens (primary N) is 1. The molecule has 0 aliphatic heterocycles. The van der Waals surface area contributed by atoms with Gasteiger partial charge in [0, 0.05) is 11.5 Å². The Morgan fingerprint density at radius 3 is 2.47 bits per heavy atom. The third-order valence-corrected chi connectivity index (χ3v) is 3.78. The van der Waals surface area contributed by atoms with Crippen LogP contribution in [0.25, 0.3) is 0 Å². The van der Waals surface area contributed by atoms with Crippen LogP contribution in [0.1, 0.15) is 30.9 Å². The Kier molecular flexibility index (Phi) is 2.44. The zero-order valence-corrected chi connectivity index (χ0v) is 9.80. The zero-order chi connectivity index (χ0) is 11.2. The van der Waals surface area contributed by atoms with Crippen molar-refractivity contribution in [3.63, 3.8) is 0 Å². The Morgan fingerprint density at radius 2 is 2.07 bits per heavy atom. The van der Waals surface area contributed by atoms with Crippen molar-refractivity contribution in [2.75, 3.05) is 0 Å². The number of phenols is 1. The number of halogens is 1. The molecule has 15 heavy (non-hydrogen) atoms. The molecule has 1 atom stereocenters. The van der Waals surface area contributed by atoms with Crippen LogP contribution in [0.2, 0.25) is 5.02 Å². The topological polar surface area (TPSA) is 46.2 Å². The van der Waals surface area contributed by atoms with Gasteiger partial charge in [-0.3, -0.25) is 0 Å². The van der Waals surface area contributed by atoms with Crippen molar-refractivity contribution in [1.29, 1.82) is 0 Å². The van der Waals surface area contributed by atoms with Crippen LogP contribution < -0.4 is 5.73 Å². The molecular weight excluding hydrogens is 210 g/mol. The SMILES string of the molecule is Cc1cc(C2(C(C)N)CC2)cc(Cl)c1O. The largest absolute Gasteiger partial charge is 0.506 e. The summed E-state index contributed by atoms with van der Waals surface area (Å²) in [6, 6.07) is 3.98. The Bertz CT molecular complexity index is 374. The molecule has 0 spiro atoms. The van der Waals surface area contributed by atoms with Gasteiger partial charge in [-0.2, -0.15) is 0 Å². The van der Waals surface area contributed by atoms with Crippen molar-refractivity contribution < 1.29 is 5.11 Å². The fraction of sp³-hybridized carbons (Fsp3) is 0.500. The molecule has 1 saturated carbocycles. The normalized spacial score (nSPS) is 20.0. The molecule has 1 aliphatic rings. The van der Waals surface area contributed by atoms with Gasteiger partial charge in [-0.1, -0.05) is 17.7 Å². The molecule has 0 aromatic heterocycles. The van der Waals surface area contributed by atoms with Crippen molar-refractivity contribution in [2.24, 2.45) is 5.73 Å². The molecule has 0 radical (unpaired) electrons.